The molecule has 2 aliphatic heterocycles. The molecule has 0 unspecified atom stereocenters. The van der Waals surface area contributed by atoms with Gasteiger partial charge in [0.25, 0.3) is 0 Å². The van der Waals surface area contributed by atoms with Gasteiger partial charge in [-0.1, -0.05) is 6.92 Å². The number of amides is 2. The van der Waals surface area contributed by atoms with Gasteiger partial charge in [-0.25, -0.2) is 4.79 Å². The zero-order valence-corrected chi connectivity index (χ0v) is 14.5. The zero-order chi connectivity index (χ0) is 16.9. The molecule has 0 aromatic heterocycles. The van der Waals surface area contributed by atoms with Gasteiger partial charge in [-0.2, -0.15) is 5.32 Å². The highest BCUT2D eigenvalue weighted by Crippen LogP contribution is 2.24. The van der Waals surface area contributed by atoms with E-state index in [2.05, 4.69) is 29.3 Å². The minimum Gasteiger partial charge on any atom is -0.396 e. The van der Waals surface area contributed by atoms with Gasteiger partial charge >= 0.3 is 6.03 Å². The van der Waals surface area contributed by atoms with Crippen LogP contribution >= 0.6 is 0 Å². The van der Waals surface area contributed by atoms with E-state index < -0.39 is 0 Å². The number of anilines is 1. The smallest absolute Gasteiger partial charge is 0.344 e. The lowest BCUT2D eigenvalue weighted by Crippen LogP contribution is -2.41. The molecular weight excluding hydrogens is 302 g/mol. The molecule has 5 nitrogen and oxygen atoms in total. The SMILES string of the molecule is CC1CCN(c2ccc([N]C(=O)N3CCC(CO)CC3)cc2)CC1. The highest BCUT2D eigenvalue weighted by atomic mass is 16.3. The molecule has 1 aromatic rings. The summed E-state index contributed by atoms with van der Waals surface area (Å²) in [6, 6.07) is 7.85. The number of carbonyl (C=O) groups is 1. The molecule has 131 valence electrons. The summed E-state index contributed by atoms with van der Waals surface area (Å²) in [5.74, 6) is 1.16. The van der Waals surface area contributed by atoms with E-state index in [4.69, 9.17) is 5.11 Å². The minimum atomic E-state index is -0.161. The molecule has 1 radical (unpaired) electrons. The van der Waals surface area contributed by atoms with Crippen molar-refractivity contribution in [2.24, 2.45) is 11.8 Å². The van der Waals surface area contributed by atoms with E-state index in [1.165, 1.54) is 18.5 Å². The molecule has 5 heteroatoms. The summed E-state index contributed by atoms with van der Waals surface area (Å²) in [7, 11) is 0. The number of aliphatic hydroxyl groups is 1. The number of urea groups is 1. The Kier molecular flexibility index (Phi) is 5.61. The summed E-state index contributed by atoms with van der Waals surface area (Å²) < 4.78 is 0. The van der Waals surface area contributed by atoms with E-state index in [-0.39, 0.29) is 12.6 Å². The molecule has 1 aromatic carbocycles. The molecule has 2 amide bonds. The first-order valence-corrected chi connectivity index (χ1v) is 9.12. The maximum atomic E-state index is 12.3. The van der Waals surface area contributed by atoms with Gasteiger partial charge in [-0.3, -0.25) is 0 Å². The number of hydrogen-bond acceptors (Lipinski definition) is 3. The van der Waals surface area contributed by atoms with Crippen LogP contribution in [0.15, 0.2) is 24.3 Å². The normalized spacial score (nSPS) is 20.2. The number of aliphatic hydroxyl groups excluding tert-OH is 1. The number of nitrogens with zero attached hydrogens (tertiary/aromatic N) is 3. The Morgan fingerprint density at radius 1 is 1.08 bits per heavy atom. The van der Waals surface area contributed by atoms with Crippen LogP contribution in [-0.2, 0) is 0 Å². The van der Waals surface area contributed by atoms with Crippen LogP contribution in [0.3, 0.4) is 0 Å². The summed E-state index contributed by atoms with van der Waals surface area (Å²) >= 11 is 0. The molecule has 1 N–H and O–H groups in total. The lowest BCUT2D eigenvalue weighted by atomic mass is 9.98. The van der Waals surface area contributed by atoms with Gasteiger partial charge < -0.3 is 14.9 Å². The van der Waals surface area contributed by atoms with Gasteiger partial charge in [0.15, 0.2) is 0 Å². The Hall–Kier alpha value is -1.75. The van der Waals surface area contributed by atoms with Gasteiger partial charge in [-0.15, -0.1) is 0 Å². The first-order valence-electron chi connectivity index (χ1n) is 9.12. The van der Waals surface area contributed by atoms with E-state index >= 15 is 0 Å². The average molecular weight is 330 g/mol. The molecular formula is C19H28N3O2. The van der Waals surface area contributed by atoms with Gasteiger partial charge in [0.05, 0.1) is 5.69 Å². The maximum absolute atomic E-state index is 12.3. The van der Waals surface area contributed by atoms with Crippen molar-refractivity contribution in [1.29, 1.82) is 0 Å². The van der Waals surface area contributed by atoms with Crippen LogP contribution in [0.1, 0.15) is 32.6 Å². The molecule has 2 saturated heterocycles. The van der Waals surface area contributed by atoms with Crippen LogP contribution in [0.2, 0.25) is 0 Å². The van der Waals surface area contributed by atoms with Crippen molar-refractivity contribution in [2.45, 2.75) is 32.6 Å². The van der Waals surface area contributed by atoms with Crippen LogP contribution in [0.4, 0.5) is 16.2 Å². The summed E-state index contributed by atoms with van der Waals surface area (Å²) in [4.78, 5) is 16.5. The molecule has 0 atom stereocenters. The summed E-state index contributed by atoms with van der Waals surface area (Å²) in [6.07, 6.45) is 4.22. The third-order valence-corrected chi connectivity index (χ3v) is 5.37. The Bertz CT molecular complexity index is 530. The van der Waals surface area contributed by atoms with Crippen molar-refractivity contribution in [3.05, 3.63) is 24.3 Å². The Labute approximate surface area is 144 Å². The number of piperidine rings is 2. The van der Waals surface area contributed by atoms with Gasteiger partial charge in [0, 0.05) is 38.5 Å². The van der Waals surface area contributed by atoms with Crippen LogP contribution in [0.5, 0.6) is 0 Å². The van der Waals surface area contributed by atoms with E-state index in [0.29, 0.717) is 19.0 Å². The third kappa shape index (κ3) is 4.20. The maximum Gasteiger partial charge on any atom is 0.344 e. The number of benzene rings is 1. The fraction of sp³-hybridized carbons (Fsp3) is 0.632. The molecule has 3 rings (SSSR count). The summed E-state index contributed by atoms with van der Waals surface area (Å²) in [5.41, 5.74) is 1.94. The van der Waals surface area contributed by atoms with E-state index in [0.717, 1.165) is 37.5 Å². The molecule has 2 heterocycles. The molecule has 2 fully saturated rings. The predicted octanol–water partition coefficient (Wildman–Crippen LogP) is 2.98. The topological polar surface area (TPSA) is 57.9 Å². The predicted molar refractivity (Wildman–Crippen MR) is 95.6 cm³/mol. The highest BCUT2D eigenvalue weighted by Gasteiger charge is 2.23. The second-order valence-electron chi connectivity index (χ2n) is 7.19. The molecule has 0 saturated carbocycles. The second-order valence-corrected chi connectivity index (χ2v) is 7.19. The Balaban J connectivity index is 1.51. The first-order chi connectivity index (χ1) is 11.7. The van der Waals surface area contributed by atoms with Crippen molar-refractivity contribution in [3.63, 3.8) is 0 Å². The lowest BCUT2D eigenvalue weighted by molar-refractivity contribution is 0.139. The van der Waals surface area contributed by atoms with Crippen LogP contribution in [0.25, 0.3) is 0 Å². The molecule has 0 spiro atoms. The summed E-state index contributed by atoms with van der Waals surface area (Å²) in [6.45, 7) is 6.13. The monoisotopic (exact) mass is 330 g/mol. The minimum absolute atomic E-state index is 0.161. The first kappa shape index (κ1) is 17.1. The second kappa shape index (κ2) is 7.88. The molecule has 0 aliphatic carbocycles. The molecule has 24 heavy (non-hydrogen) atoms. The fourth-order valence-corrected chi connectivity index (χ4v) is 3.49. The van der Waals surface area contributed by atoms with Crippen molar-refractivity contribution in [1.82, 2.24) is 10.2 Å². The number of hydrogen-bond donors (Lipinski definition) is 1. The number of rotatable bonds is 3. The van der Waals surface area contributed by atoms with Crippen molar-refractivity contribution < 1.29 is 9.90 Å². The van der Waals surface area contributed by atoms with Gasteiger partial charge in [0.1, 0.15) is 0 Å². The van der Waals surface area contributed by atoms with Crippen molar-refractivity contribution >= 4 is 17.4 Å². The zero-order valence-electron chi connectivity index (χ0n) is 14.5. The molecule has 0 bridgehead atoms. The number of likely N-dealkylation sites (tertiary alicyclic amines) is 1. The van der Waals surface area contributed by atoms with Crippen molar-refractivity contribution in [3.8, 4) is 0 Å². The summed E-state index contributed by atoms with van der Waals surface area (Å²) in [5, 5.41) is 13.4. The number of carbonyl (C=O) groups excluding carboxylic acids is 1. The van der Waals surface area contributed by atoms with E-state index in [1.54, 1.807) is 4.90 Å². The van der Waals surface area contributed by atoms with Crippen LogP contribution < -0.4 is 10.2 Å². The molecule has 2 aliphatic rings. The van der Waals surface area contributed by atoms with E-state index in [9.17, 15) is 4.79 Å². The van der Waals surface area contributed by atoms with E-state index in [1.807, 2.05) is 12.1 Å². The Morgan fingerprint density at radius 3 is 2.29 bits per heavy atom. The van der Waals surface area contributed by atoms with Gasteiger partial charge in [0.2, 0.25) is 0 Å². The largest absolute Gasteiger partial charge is 0.396 e. The van der Waals surface area contributed by atoms with Crippen molar-refractivity contribution in [2.75, 3.05) is 37.7 Å². The Morgan fingerprint density at radius 2 is 1.71 bits per heavy atom. The van der Waals surface area contributed by atoms with Crippen LogP contribution in [-0.4, -0.2) is 48.8 Å². The van der Waals surface area contributed by atoms with Crippen LogP contribution in [0, 0.1) is 11.8 Å². The lowest BCUT2D eigenvalue weighted by Gasteiger charge is -2.32. The standard InChI is InChI=1S/C19H28N3O2/c1-15-6-10-21(11-7-15)18-4-2-17(3-5-18)20-19(24)22-12-8-16(14-23)9-13-22/h2-5,15-16,23H,6-14H2,1H3. The average Bonchev–Trinajstić information content (AvgIpc) is 2.63. The fourth-order valence-electron chi connectivity index (χ4n) is 3.49. The quantitative estimate of drug-likeness (QED) is 0.927. The van der Waals surface area contributed by atoms with Gasteiger partial charge in [-0.05, 0) is 61.8 Å². The third-order valence-electron chi connectivity index (χ3n) is 5.37. The highest BCUT2D eigenvalue weighted by molar-refractivity contribution is 5.79.